The minimum atomic E-state index is -4.62. The molecule has 7 heteroatoms. The zero-order chi connectivity index (χ0) is 20.4. The van der Waals surface area contributed by atoms with E-state index >= 15 is 0 Å². The van der Waals surface area contributed by atoms with Crippen LogP contribution in [0.3, 0.4) is 0 Å². The van der Waals surface area contributed by atoms with Gasteiger partial charge in [-0.1, -0.05) is 60.7 Å². The first-order chi connectivity index (χ1) is 14.0. The van der Waals surface area contributed by atoms with Gasteiger partial charge in [0.05, 0.1) is 22.3 Å². The molecule has 0 saturated carbocycles. The lowest BCUT2D eigenvalue weighted by molar-refractivity contribution is 0.234. The van der Waals surface area contributed by atoms with Gasteiger partial charge < -0.3 is 0 Å². The summed E-state index contributed by atoms with van der Waals surface area (Å²) in [4.78, 5) is -0.404. The highest BCUT2D eigenvalue weighted by molar-refractivity contribution is 7.91. The van der Waals surface area contributed by atoms with Crippen molar-refractivity contribution in [2.45, 2.75) is 23.1 Å². The number of alkyl halides is 2. The van der Waals surface area contributed by atoms with Gasteiger partial charge in [0.25, 0.3) is 0 Å². The van der Waals surface area contributed by atoms with Crippen LogP contribution in [0.4, 0.5) is 14.5 Å². The normalized spacial score (nSPS) is 16.9. The monoisotopic (exact) mass is 412 g/mol. The third kappa shape index (κ3) is 3.78. The second-order valence-corrected chi connectivity index (χ2v) is 8.61. The SMILES string of the molecule is O=S(=O)(c1ccc(N2N=C(c3ccccc3)CC2c2ccccc2)cc1)C(F)F. The van der Waals surface area contributed by atoms with Gasteiger partial charge in [-0.3, -0.25) is 5.01 Å². The summed E-state index contributed by atoms with van der Waals surface area (Å²) >= 11 is 0. The van der Waals surface area contributed by atoms with Crippen molar-refractivity contribution in [1.29, 1.82) is 0 Å². The Morgan fingerprint density at radius 3 is 2.03 bits per heavy atom. The van der Waals surface area contributed by atoms with E-state index in [2.05, 4.69) is 0 Å². The van der Waals surface area contributed by atoms with Crippen molar-refractivity contribution in [2.24, 2.45) is 5.10 Å². The van der Waals surface area contributed by atoms with E-state index in [-0.39, 0.29) is 6.04 Å². The Hall–Kier alpha value is -3.06. The second kappa shape index (κ2) is 7.75. The van der Waals surface area contributed by atoms with Crippen molar-refractivity contribution < 1.29 is 17.2 Å². The van der Waals surface area contributed by atoms with Crippen LogP contribution in [0.15, 0.2) is 94.9 Å². The molecule has 0 amide bonds. The number of rotatable bonds is 5. The molecular formula is C22H18F2N2O2S. The molecule has 29 heavy (non-hydrogen) atoms. The first-order valence-corrected chi connectivity index (χ1v) is 10.6. The highest BCUT2D eigenvalue weighted by atomic mass is 32.2. The summed E-state index contributed by atoms with van der Waals surface area (Å²) < 4.78 is 49.0. The van der Waals surface area contributed by atoms with E-state index < -0.39 is 20.5 Å². The number of hydrogen-bond acceptors (Lipinski definition) is 4. The molecule has 0 radical (unpaired) electrons. The van der Waals surface area contributed by atoms with Crippen LogP contribution in [-0.4, -0.2) is 19.9 Å². The average molecular weight is 412 g/mol. The van der Waals surface area contributed by atoms with E-state index in [1.165, 1.54) is 24.3 Å². The van der Waals surface area contributed by atoms with Crippen LogP contribution < -0.4 is 5.01 Å². The van der Waals surface area contributed by atoms with Crippen LogP contribution in [0, 0.1) is 0 Å². The predicted octanol–water partition coefficient (Wildman–Crippen LogP) is 5.04. The van der Waals surface area contributed by atoms with Crippen molar-refractivity contribution in [1.82, 2.24) is 0 Å². The summed E-state index contributed by atoms with van der Waals surface area (Å²) in [6.45, 7) is 0. The fourth-order valence-corrected chi connectivity index (χ4v) is 4.10. The molecule has 0 saturated heterocycles. The Labute approximate surface area is 168 Å². The van der Waals surface area contributed by atoms with E-state index in [0.717, 1.165) is 16.8 Å². The fraction of sp³-hybridized carbons (Fsp3) is 0.136. The molecule has 3 aromatic rings. The first kappa shape index (κ1) is 19.3. The molecule has 148 valence electrons. The largest absolute Gasteiger partial charge is 0.341 e. The molecule has 0 fully saturated rings. The van der Waals surface area contributed by atoms with Crippen molar-refractivity contribution in [3.8, 4) is 0 Å². The van der Waals surface area contributed by atoms with Gasteiger partial charge in [-0.25, -0.2) is 8.42 Å². The van der Waals surface area contributed by atoms with Crippen molar-refractivity contribution >= 4 is 21.2 Å². The van der Waals surface area contributed by atoms with Gasteiger partial charge in [-0.15, -0.1) is 0 Å². The summed E-state index contributed by atoms with van der Waals surface area (Å²) in [7, 11) is -4.62. The summed E-state index contributed by atoms with van der Waals surface area (Å²) in [5.41, 5.74) is 3.61. The second-order valence-electron chi connectivity index (χ2n) is 6.69. The van der Waals surface area contributed by atoms with Crippen LogP contribution in [0.2, 0.25) is 0 Å². The van der Waals surface area contributed by atoms with E-state index in [0.29, 0.717) is 12.1 Å². The number of hydrogen-bond donors (Lipinski definition) is 0. The molecule has 0 spiro atoms. The summed E-state index contributed by atoms with van der Waals surface area (Å²) in [6, 6.07) is 25.0. The number of nitrogens with zero attached hydrogens (tertiary/aromatic N) is 2. The molecule has 4 rings (SSSR count). The predicted molar refractivity (Wildman–Crippen MR) is 109 cm³/mol. The summed E-state index contributed by atoms with van der Waals surface area (Å²) in [5, 5.41) is 6.58. The van der Waals surface area contributed by atoms with E-state index in [1.807, 2.05) is 65.7 Å². The number of benzene rings is 3. The number of anilines is 1. The topological polar surface area (TPSA) is 49.7 Å². The highest BCUT2D eigenvalue weighted by Crippen LogP contribution is 2.37. The van der Waals surface area contributed by atoms with Crippen LogP contribution in [0.25, 0.3) is 0 Å². The third-order valence-corrected chi connectivity index (χ3v) is 6.26. The molecule has 0 aliphatic carbocycles. The van der Waals surface area contributed by atoms with Gasteiger partial charge in [0.1, 0.15) is 0 Å². The van der Waals surface area contributed by atoms with Gasteiger partial charge in [0, 0.05) is 6.42 Å². The molecule has 1 heterocycles. The van der Waals surface area contributed by atoms with Crippen LogP contribution in [0.5, 0.6) is 0 Å². The van der Waals surface area contributed by atoms with Gasteiger partial charge in [0.15, 0.2) is 0 Å². The molecule has 3 aromatic carbocycles. The molecule has 1 aliphatic heterocycles. The Kier molecular flexibility index (Phi) is 5.15. The number of halogens is 2. The maximum atomic E-state index is 12.8. The minimum absolute atomic E-state index is 0.0797. The molecule has 1 unspecified atom stereocenters. The number of hydrazone groups is 1. The molecule has 1 aliphatic rings. The smallest absolute Gasteiger partial charge is 0.257 e. The molecule has 0 bridgehead atoms. The van der Waals surface area contributed by atoms with E-state index in [1.54, 1.807) is 0 Å². The van der Waals surface area contributed by atoms with E-state index in [9.17, 15) is 17.2 Å². The zero-order valence-electron chi connectivity index (χ0n) is 15.3. The third-order valence-electron chi connectivity index (χ3n) is 4.87. The van der Waals surface area contributed by atoms with Crippen molar-refractivity contribution in [3.63, 3.8) is 0 Å². The maximum absolute atomic E-state index is 12.8. The van der Waals surface area contributed by atoms with Crippen molar-refractivity contribution in [3.05, 3.63) is 96.1 Å². The molecule has 4 nitrogen and oxygen atoms in total. The zero-order valence-corrected chi connectivity index (χ0v) is 16.1. The van der Waals surface area contributed by atoms with Crippen LogP contribution in [0.1, 0.15) is 23.6 Å². The number of sulfone groups is 1. The molecule has 1 atom stereocenters. The minimum Gasteiger partial charge on any atom is -0.257 e. The average Bonchev–Trinajstić information content (AvgIpc) is 3.20. The standard InChI is InChI=1S/C22H18F2N2O2S/c23-22(24)29(27,28)19-13-11-18(12-14-19)26-21(17-9-5-2-6-10-17)15-20(25-26)16-7-3-1-4-8-16/h1-14,21-22H,15H2. The lowest BCUT2D eigenvalue weighted by atomic mass is 9.98. The van der Waals surface area contributed by atoms with Crippen LogP contribution >= 0.6 is 0 Å². The van der Waals surface area contributed by atoms with Crippen molar-refractivity contribution in [2.75, 3.05) is 5.01 Å². The van der Waals surface area contributed by atoms with Gasteiger partial charge in [0.2, 0.25) is 9.84 Å². The first-order valence-electron chi connectivity index (χ1n) is 9.06. The van der Waals surface area contributed by atoms with Gasteiger partial charge in [-0.05, 0) is 35.4 Å². The van der Waals surface area contributed by atoms with Crippen LogP contribution in [-0.2, 0) is 9.84 Å². The van der Waals surface area contributed by atoms with E-state index in [4.69, 9.17) is 5.10 Å². The van der Waals surface area contributed by atoms with Gasteiger partial charge in [-0.2, -0.15) is 13.9 Å². The Morgan fingerprint density at radius 2 is 1.45 bits per heavy atom. The molecule has 0 aromatic heterocycles. The lowest BCUT2D eigenvalue weighted by Crippen LogP contribution is -2.18. The Morgan fingerprint density at radius 1 is 0.862 bits per heavy atom. The highest BCUT2D eigenvalue weighted by Gasteiger charge is 2.31. The summed E-state index contributed by atoms with van der Waals surface area (Å²) in [6.07, 6.45) is 0.672. The van der Waals surface area contributed by atoms with Gasteiger partial charge >= 0.3 is 5.76 Å². The Balaban J connectivity index is 1.72. The summed E-state index contributed by atoms with van der Waals surface area (Å²) in [5.74, 6) is -3.44. The lowest BCUT2D eigenvalue weighted by Gasteiger charge is -2.24. The Bertz CT molecular complexity index is 1120. The maximum Gasteiger partial charge on any atom is 0.341 e. The molecule has 0 N–H and O–H groups in total. The molecular weight excluding hydrogens is 394 g/mol. The quantitative estimate of drug-likeness (QED) is 0.590. The fourth-order valence-electron chi connectivity index (χ4n) is 3.38.